The summed E-state index contributed by atoms with van der Waals surface area (Å²) in [4.78, 5) is 44.3. The van der Waals surface area contributed by atoms with Crippen LogP contribution in [0, 0.1) is 11.8 Å². The Labute approximate surface area is 189 Å². The van der Waals surface area contributed by atoms with Crippen LogP contribution >= 0.6 is 0 Å². The second-order valence-corrected chi connectivity index (χ2v) is 8.36. The Balaban J connectivity index is 1.52. The fourth-order valence-corrected chi connectivity index (χ4v) is 5.47. The van der Waals surface area contributed by atoms with E-state index in [-0.39, 0.29) is 17.5 Å². The number of carbonyl (C=O) groups excluding carboxylic acids is 3. The molecule has 7 heteroatoms. The summed E-state index contributed by atoms with van der Waals surface area (Å²) in [5.74, 6) is -2.01. The van der Waals surface area contributed by atoms with E-state index >= 15 is 0 Å². The number of rotatable bonds is 4. The minimum absolute atomic E-state index is 0.169. The number of anilines is 1. The van der Waals surface area contributed by atoms with Crippen LogP contribution in [-0.4, -0.2) is 35.6 Å². The molecule has 164 valence electrons. The summed E-state index contributed by atoms with van der Waals surface area (Å²) < 4.78 is 10.8. The highest BCUT2D eigenvalue weighted by atomic mass is 16.5. The molecule has 3 aliphatic rings. The molecule has 1 aromatic heterocycles. The number of fused-ring (bicyclic) bond motifs is 5. The van der Waals surface area contributed by atoms with Gasteiger partial charge in [-0.1, -0.05) is 36.4 Å². The van der Waals surface area contributed by atoms with Crippen molar-refractivity contribution < 1.29 is 23.5 Å². The van der Waals surface area contributed by atoms with Gasteiger partial charge in [-0.15, -0.1) is 0 Å². The molecule has 3 aliphatic heterocycles. The highest BCUT2D eigenvalue weighted by molar-refractivity contribution is 6.25. The number of hydrogen-bond acceptors (Lipinski definition) is 6. The quantitative estimate of drug-likeness (QED) is 0.455. The van der Waals surface area contributed by atoms with Crippen molar-refractivity contribution in [3.8, 4) is 5.75 Å². The van der Waals surface area contributed by atoms with Crippen molar-refractivity contribution in [1.29, 1.82) is 0 Å². The highest BCUT2D eigenvalue weighted by Gasteiger charge is 2.65. The van der Waals surface area contributed by atoms with Crippen molar-refractivity contribution in [3.63, 3.8) is 0 Å². The highest BCUT2D eigenvalue weighted by Crippen LogP contribution is 2.54. The van der Waals surface area contributed by atoms with Gasteiger partial charge in [0, 0.05) is 6.20 Å². The maximum atomic E-state index is 13.8. The van der Waals surface area contributed by atoms with Crippen LogP contribution in [0.25, 0.3) is 6.08 Å². The molecular formula is C26H20N2O5. The molecule has 1 unspecified atom stereocenters. The maximum absolute atomic E-state index is 13.8. The molecule has 0 spiro atoms. The van der Waals surface area contributed by atoms with Gasteiger partial charge in [-0.2, -0.15) is 0 Å². The van der Waals surface area contributed by atoms with E-state index in [0.29, 0.717) is 11.4 Å². The number of ketones is 1. The second kappa shape index (κ2) is 7.20. The molecule has 0 saturated carbocycles. The third-order valence-electron chi connectivity index (χ3n) is 6.82. The zero-order chi connectivity index (χ0) is 22.7. The largest absolute Gasteiger partial charge is 0.495 e. The average Bonchev–Trinajstić information content (AvgIpc) is 3.55. The van der Waals surface area contributed by atoms with E-state index in [1.807, 2.05) is 41.4 Å². The Hall–Kier alpha value is -4.13. The number of para-hydroxylation sites is 2. The first-order chi connectivity index (χ1) is 16.1. The normalized spacial score (nSPS) is 25.1. The van der Waals surface area contributed by atoms with Gasteiger partial charge in [-0.3, -0.25) is 14.4 Å². The topological polar surface area (TPSA) is 80.1 Å². The third kappa shape index (κ3) is 2.65. The number of imide groups is 1. The molecule has 3 aromatic rings. The van der Waals surface area contributed by atoms with E-state index in [0.717, 1.165) is 11.1 Å². The molecule has 33 heavy (non-hydrogen) atoms. The number of hydrogen-bond donors (Lipinski definition) is 0. The lowest BCUT2D eigenvalue weighted by Crippen LogP contribution is -2.44. The van der Waals surface area contributed by atoms with Gasteiger partial charge < -0.3 is 14.1 Å². The van der Waals surface area contributed by atoms with Crippen LogP contribution in [0.3, 0.4) is 0 Å². The Morgan fingerprint density at radius 1 is 0.939 bits per heavy atom. The molecule has 2 fully saturated rings. The molecular weight excluding hydrogens is 420 g/mol. The maximum Gasteiger partial charge on any atom is 0.240 e. The van der Waals surface area contributed by atoms with Gasteiger partial charge in [0.15, 0.2) is 5.76 Å². The predicted octanol–water partition coefficient (Wildman–Crippen LogP) is 3.69. The lowest BCUT2D eigenvalue weighted by atomic mass is 9.84. The number of benzene rings is 2. The number of furan rings is 1. The van der Waals surface area contributed by atoms with Crippen molar-refractivity contribution >= 4 is 29.4 Å². The Morgan fingerprint density at radius 2 is 1.70 bits per heavy atom. The van der Waals surface area contributed by atoms with Gasteiger partial charge in [0.25, 0.3) is 0 Å². The summed E-state index contributed by atoms with van der Waals surface area (Å²) in [6, 6.07) is 16.6. The molecule has 4 heterocycles. The van der Waals surface area contributed by atoms with Crippen LogP contribution in [0.1, 0.15) is 27.7 Å². The van der Waals surface area contributed by atoms with Gasteiger partial charge in [-0.25, -0.2) is 4.90 Å². The summed E-state index contributed by atoms with van der Waals surface area (Å²) in [7, 11) is 1.50. The first-order valence-corrected chi connectivity index (χ1v) is 10.7. The third-order valence-corrected chi connectivity index (χ3v) is 6.82. The number of methoxy groups -OCH3 is 1. The van der Waals surface area contributed by atoms with Gasteiger partial charge in [0.05, 0.1) is 36.9 Å². The Morgan fingerprint density at radius 3 is 2.48 bits per heavy atom. The zero-order valence-electron chi connectivity index (χ0n) is 17.8. The van der Waals surface area contributed by atoms with Crippen molar-refractivity contribution in [1.82, 2.24) is 4.90 Å². The Kier molecular flexibility index (Phi) is 4.26. The van der Waals surface area contributed by atoms with Gasteiger partial charge >= 0.3 is 0 Å². The van der Waals surface area contributed by atoms with Crippen molar-refractivity contribution in [3.05, 3.63) is 90.0 Å². The van der Waals surface area contributed by atoms with Crippen molar-refractivity contribution in [2.45, 2.75) is 12.1 Å². The van der Waals surface area contributed by atoms with E-state index in [2.05, 4.69) is 0 Å². The summed E-state index contributed by atoms with van der Waals surface area (Å²) >= 11 is 0. The van der Waals surface area contributed by atoms with E-state index in [1.165, 1.54) is 18.3 Å². The molecule has 2 aromatic carbocycles. The summed E-state index contributed by atoms with van der Waals surface area (Å²) in [6.07, 6.45) is 5.17. The second-order valence-electron chi connectivity index (χ2n) is 8.36. The lowest BCUT2D eigenvalue weighted by Gasteiger charge is -2.35. The fourth-order valence-electron chi connectivity index (χ4n) is 5.47. The van der Waals surface area contributed by atoms with Gasteiger partial charge in [0.1, 0.15) is 11.8 Å². The monoisotopic (exact) mass is 440 g/mol. The van der Waals surface area contributed by atoms with Crippen LogP contribution in [0.2, 0.25) is 0 Å². The van der Waals surface area contributed by atoms with Gasteiger partial charge in [-0.05, 0) is 41.5 Å². The van der Waals surface area contributed by atoms with Crippen LogP contribution in [0.4, 0.5) is 5.69 Å². The number of nitrogens with zero attached hydrogens (tertiary/aromatic N) is 2. The minimum atomic E-state index is -0.855. The van der Waals surface area contributed by atoms with Crippen molar-refractivity contribution in [2.24, 2.45) is 11.8 Å². The Bertz CT molecular complexity index is 1310. The molecule has 4 atom stereocenters. The SMILES string of the molecule is COc1ccccc1N1C(=O)[C@@H]2[C@H](C1=O)C1c3ccccc3C=CN1[C@@H]2C(=O)c1ccco1. The van der Waals surface area contributed by atoms with Crippen LogP contribution in [-0.2, 0) is 9.59 Å². The van der Waals surface area contributed by atoms with E-state index in [1.54, 1.807) is 36.4 Å². The summed E-state index contributed by atoms with van der Waals surface area (Å²) in [6.45, 7) is 0. The van der Waals surface area contributed by atoms with Crippen LogP contribution in [0.15, 0.2) is 77.5 Å². The molecule has 0 radical (unpaired) electrons. The molecule has 7 nitrogen and oxygen atoms in total. The molecule has 2 amide bonds. The smallest absolute Gasteiger partial charge is 0.240 e. The van der Waals surface area contributed by atoms with E-state index < -0.39 is 29.8 Å². The first kappa shape index (κ1) is 19.5. The molecule has 0 aliphatic carbocycles. The van der Waals surface area contributed by atoms with Crippen LogP contribution in [0.5, 0.6) is 5.75 Å². The van der Waals surface area contributed by atoms with Crippen LogP contribution < -0.4 is 9.64 Å². The zero-order valence-corrected chi connectivity index (χ0v) is 17.8. The first-order valence-electron chi connectivity index (χ1n) is 10.7. The van der Waals surface area contributed by atoms with E-state index in [4.69, 9.17) is 9.15 Å². The lowest BCUT2D eigenvalue weighted by molar-refractivity contribution is -0.123. The molecule has 6 rings (SSSR count). The number of Topliss-reactive ketones (excluding diaryl/α,β-unsaturated/α-hetero) is 1. The molecule has 0 bridgehead atoms. The van der Waals surface area contributed by atoms with E-state index in [9.17, 15) is 14.4 Å². The average molecular weight is 440 g/mol. The molecule has 2 saturated heterocycles. The number of carbonyl (C=O) groups is 3. The summed E-state index contributed by atoms with van der Waals surface area (Å²) in [5, 5.41) is 0. The number of amides is 2. The fraction of sp³-hybridized carbons (Fsp3) is 0.192. The molecule has 0 N–H and O–H groups in total. The predicted molar refractivity (Wildman–Crippen MR) is 119 cm³/mol. The number of ether oxygens (including phenoxy) is 1. The minimum Gasteiger partial charge on any atom is -0.495 e. The standard InChI is InChI=1S/C26H20N2O5/c1-32-18-10-5-4-9-17(18)28-25(30)20-21(26(28)31)23(24(29)19-11-6-14-33-19)27-13-12-15-7-2-3-8-16(15)22(20)27/h2-14,20-23H,1H3/t20-,21+,22?,23-/m0/s1. The van der Waals surface area contributed by atoms with Crippen molar-refractivity contribution in [2.75, 3.05) is 12.0 Å². The summed E-state index contributed by atoms with van der Waals surface area (Å²) in [5.41, 5.74) is 2.28. The van der Waals surface area contributed by atoms with Gasteiger partial charge in [0.2, 0.25) is 17.6 Å².